The Morgan fingerprint density at radius 1 is 1.40 bits per heavy atom. The number of hydrogen-bond donors (Lipinski definition) is 1. The molecule has 2 rings (SSSR count). The Hall–Kier alpha value is -0.140. The van der Waals surface area contributed by atoms with Gasteiger partial charge in [0.1, 0.15) is 4.21 Å². The third-order valence-electron chi connectivity index (χ3n) is 3.64. The first-order chi connectivity index (χ1) is 8.84. The maximum atomic E-state index is 12.8. The van der Waals surface area contributed by atoms with E-state index in [1.54, 1.807) is 4.31 Å². The molecule has 0 radical (unpaired) electrons. The Morgan fingerprint density at radius 2 is 2.05 bits per heavy atom. The summed E-state index contributed by atoms with van der Waals surface area (Å²) in [7, 11) is -3.39. The van der Waals surface area contributed by atoms with Crippen LogP contribution >= 0.6 is 23.7 Å². The highest BCUT2D eigenvalue weighted by Gasteiger charge is 2.36. The summed E-state index contributed by atoms with van der Waals surface area (Å²) >= 11 is 1.36. The molecule has 0 amide bonds. The lowest BCUT2D eigenvalue weighted by atomic mass is 10.00. The molecule has 0 spiro atoms. The minimum Gasteiger partial charge on any atom is -0.326 e. The summed E-state index contributed by atoms with van der Waals surface area (Å²) in [4.78, 5) is 1.03. The molecule has 20 heavy (non-hydrogen) atoms. The van der Waals surface area contributed by atoms with Crippen molar-refractivity contribution >= 4 is 33.8 Å². The van der Waals surface area contributed by atoms with E-state index in [1.807, 2.05) is 26.8 Å². The first kappa shape index (κ1) is 17.9. The fourth-order valence-corrected chi connectivity index (χ4v) is 6.29. The summed E-state index contributed by atoms with van der Waals surface area (Å²) in [6, 6.07) is 1.74. The number of piperidine rings is 1. The normalized spacial score (nSPS) is 22.3. The highest BCUT2D eigenvalue weighted by atomic mass is 35.5. The molecule has 4 nitrogen and oxygen atoms in total. The summed E-state index contributed by atoms with van der Waals surface area (Å²) in [5.41, 5.74) is 6.82. The van der Waals surface area contributed by atoms with Crippen molar-refractivity contribution in [3.63, 3.8) is 0 Å². The van der Waals surface area contributed by atoms with E-state index in [9.17, 15) is 8.42 Å². The van der Waals surface area contributed by atoms with Gasteiger partial charge in [0.25, 0.3) is 10.0 Å². The van der Waals surface area contributed by atoms with Crippen LogP contribution in [-0.2, 0) is 10.0 Å². The Kier molecular flexibility index (Phi) is 6.04. The molecule has 0 bridgehead atoms. The summed E-state index contributed by atoms with van der Waals surface area (Å²) in [5, 5.41) is 0. The summed E-state index contributed by atoms with van der Waals surface area (Å²) in [6.07, 6.45) is 2.84. The van der Waals surface area contributed by atoms with Crippen LogP contribution in [0.3, 0.4) is 0 Å². The monoisotopic (exact) mass is 338 g/mol. The Labute approximate surface area is 131 Å². The molecule has 1 saturated heterocycles. The van der Waals surface area contributed by atoms with Crippen molar-refractivity contribution in [1.82, 2.24) is 4.31 Å². The van der Waals surface area contributed by atoms with E-state index in [2.05, 4.69) is 0 Å². The number of nitrogens with zero attached hydrogens (tertiary/aromatic N) is 1. The first-order valence-electron chi connectivity index (χ1n) is 6.68. The number of rotatable bonds is 3. The minimum absolute atomic E-state index is 0. The van der Waals surface area contributed by atoms with E-state index in [0.717, 1.165) is 29.7 Å². The zero-order chi connectivity index (χ0) is 14.2. The van der Waals surface area contributed by atoms with E-state index >= 15 is 0 Å². The molecule has 1 aromatic rings. The molecule has 0 aliphatic carbocycles. The molecule has 1 aliphatic rings. The van der Waals surface area contributed by atoms with E-state index < -0.39 is 10.0 Å². The molecule has 7 heteroatoms. The van der Waals surface area contributed by atoms with E-state index in [0.29, 0.717) is 10.8 Å². The molecule has 1 aliphatic heterocycles. The molecule has 1 aromatic heterocycles. The van der Waals surface area contributed by atoms with Gasteiger partial charge in [0.15, 0.2) is 0 Å². The van der Waals surface area contributed by atoms with Crippen molar-refractivity contribution in [2.75, 3.05) is 6.54 Å². The van der Waals surface area contributed by atoms with Gasteiger partial charge in [0.05, 0.1) is 0 Å². The lowest BCUT2D eigenvalue weighted by Crippen LogP contribution is -2.51. The predicted molar refractivity (Wildman–Crippen MR) is 86.2 cm³/mol. The van der Waals surface area contributed by atoms with Gasteiger partial charge < -0.3 is 5.73 Å². The van der Waals surface area contributed by atoms with Crippen LogP contribution in [0, 0.1) is 13.8 Å². The van der Waals surface area contributed by atoms with Crippen LogP contribution in [0.15, 0.2) is 10.3 Å². The van der Waals surface area contributed by atoms with Crippen LogP contribution in [0.25, 0.3) is 0 Å². The molecule has 0 aromatic carbocycles. The molecule has 2 atom stereocenters. The van der Waals surface area contributed by atoms with Crippen molar-refractivity contribution in [3.8, 4) is 0 Å². The quantitative estimate of drug-likeness (QED) is 0.921. The molecular weight excluding hydrogens is 316 g/mol. The number of thiophene rings is 1. The van der Waals surface area contributed by atoms with Gasteiger partial charge in [-0.05, 0) is 45.2 Å². The summed E-state index contributed by atoms with van der Waals surface area (Å²) in [5.74, 6) is 0. The zero-order valence-corrected chi connectivity index (χ0v) is 14.6. The van der Waals surface area contributed by atoms with Crippen molar-refractivity contribution < 1.29 is 8.42 Å². The molecule has 116 valence electrons. The van der Waals surface area contributed by atoms with Gasteiger partial charge in [-0.3, -0.25) is 0 Å². The third kappa shape index (κ3) is 3.36. The fourth-order valence-electron chi connectivity index (χ4n) is 2.74. The number of nitrogens with two attached hydrogens (primary N) is 1. The van der Waals surface area contributed by atoms with Gasteiger partial charge in [-0.15, -0.1) is 23.7 Å². The van der Waals surface area contributed by atoms with Crippen LogP contribution < -0.4 is 5.73 Å². The molecule has 0 saturated carbocycles. The van der Waals surface area contributed by atoms with E-state index in [1.165, 1.54) is 11.3 Å². The van der Waals surface area contributed by atoms with Crippen LogP contribution in [0.2, 0.25) is 0 Å². The fraction of sp³-hybridized carbons (Fsp3) is 0.692. The maximum Gasteiger partial charge on any atom is 0.253 e. The third-order valence-corrected chi connectivity index (χ3v) is 7.33. The zero-order valence-electron chi connectivity index (χ0n) is 12.1. The average Bonchev–Trinajstić information content (AvgIpc) is 2.69. The first-order valence-corrected chi connectivity index (χ1v) is 8.94. The van der Waals surface area contributed by atoms with Crippen molar-refractivity contribution in [2.24, 2.45) is 5.73 Å². The summed E-state index contributed by atoms with van der Waals surface area (Å²) < 4.78 is 27.7. The standard InChI is InChI=1S/C13H22N2O2S2.ClH/c1-9-8-10(2)18-13(9)19(16,17)15-7-5-4-6-12(15)11(3)14;/h8,11-12H,4-7,14H2,1-3H3;1H. The summed E-state index contributed by atoms with van der Waals surface area (Å²) in [6.45, 7) is 6.28. The molecule has 2 N–H and O–H groups in total. The lowest BCUT2D eigenvalue weighted by molar-refractivity contribution is 0.227. The predicted octanol–water partition coefficient (Wildman–Crippen LogP) is 2.68. The topological polar surface area (TPSA) is 63.4 Å². The van der Waals surface area contributed by atoms with Crippen molar-refractivity contribution in [2.45, 2.75) is 56.3 Å². The lowest BCUT2D eigenvalue weighted by Gasteiger charge is -2.36. The van der Waals surface area contributed by atoms with Crippen molar-refractivity contribution in [3.05, 3.63) is 16.5 Å². The average molecular weight is 339 g/mol. The van der Waals surface area contributed by atoms with E-state index in [4.69, 9.17) is 5.73 Å². The Balaban J connectivity index is 0.00000200. The van der Waals surface area contributed by atoms with Crippen LogP contribution in [0.4, 0.5) is 0 Å². The molecular formula is C13H23ClN2O2S2. The number of aryl methyl sites for hydroxylation is 2. The Bertz CT molecular complexity index is 555. The second-order valence-corrected chi connectivity index (χ2v) is 8.71. The number of hydrogen-bond acceptors (Lipinski definition) is 4. The van der Waals surface area contributed by atoms with Crippen LogP contribution in [0.5, 0.6) is 0 Å². The van der Waals surface area contributed by atoms with E-state index in [-0.39, 0.29) is 24.5 Å². The maximum absolute atomic E-state index is 12.8. The SMILES string of the molecule is Cc1cc(C)c(S(=O)(=O)N2CCCCC2C(C)N)s1.Cl. The van der Waals surface area contributed by atoms with Gasteiger partial charge in [-0.2, -0.15) is 4.31 Å². The van der Waals surface area contributed by atoms with Gasteiger partial charge in [-0.25, -0.2) is 8.42 Å². The second kappa shape index (κ2) is 6.75. The highest BCUT2D eigenvalue weighted by molar-refractivity contribution is 7.91. The van der Waals surface area contributed by atoms with Crippen molar-refractivity contribution in [1.29, 1.82) is 0 Å². The minimum atomic E-state index is -3.39. The number of halogens is 1. The second-order valence-electron chi connectivity index (χ2n) is 5.37. The van der Waals surface area contributed by atoms with Gasteiger partial charge in [0, 0.05) is 23.5 Å². The van der Waals surface area contributed by atoms with Gasteiger partial charge >= 0.3 is 0 Å². The molecule has 1 fully saturated rings. The Morgan fingerprint density at radius 3 is 2.55 bits per heavy atom. The van der Waals surface area contributed by atoms with Gasteiger partial charge in [0.2, 0.25) is 0 Å². The van der Waals surface area contributed by atoms with Crippen LogP contribution in [-0.4, -0.2) is 31.4 Å². The molecule has 2 unspecified atom stereocenters. The molecule has 2 heterocycles. The highest BCUT2D eigenvalue weighted by Crippen LogP contribution is 2.32. The number of sulfonamides is 1. The largest absolute Gasteiger partial charge is 0.326 e. The van der Waals surface area contributed by atoms with Crippen LogP contribution in [0.1, 0.15) is 36.6 Å². The van der Waals surface area contributed by atoms with Gasteiger partial charge in [-0.1, -0.05) is 6.42 Å². The smallest absolute Gasteiger partial charge is 0.253 e.